The summed E-state index contributed by atoms with van der Waals surface area (Å²) in [5.74, 6) is -5.42. The van der Waals surface area contributed by atoms with E-state index < -0.39 is 62.2 Å². The molecule has 3 aliphatic rings. The maximum atomic E-state index is 14.3. The molecule has 1 aromatic rings. The van der Waals surface area contributed by atoms with Crippen LogP contribution >= 0.6 is 0 Å². The average Bonchev–Trinajstić information content (AvgIpc) is 2.79. The molecule has 4 atom stereocenters. The standard InChI is InChI=1S/C32H40O8/c1-15(2)23-25(36)21(16(3)33)27(38)32(40)28(39)24-26(37)22-18(13-30(24,7)14-31(23,32)8)17(9-11-19(22)34)10-12-20(35)29(4,5)6/h9,11,15,23,34,37-38,40H,10,12-14H2,1-8H3/t23?,30-,31-,32+/m1/s1. The van der Waals surface area contributed by atoms with E-state index in [0.717, 1.165) is 12.5 Å². The van der Waals surface area contributed by atoms with Crippen LogP contribution < -0.4 is 0 Å². The monoisotopic (exact) mass is 552 g/mol. The van der Waals surface area contributed by atoms with E-state index in [1.54, 1.807) is 33.8 Å². The van der Waals surface area contributed by atoms with E-state index in [0.29, 0.717) is 12.0 Å². The highest BCUT2D eigenvalue weighted by molar-refractivity contribution is 6.24. The van der Waals surface area contributed by atoms with E-state index in [4.69, 9.17) is 0 Å². The Hall–Kier alpha value is -3.26. The highest BCUT2D eigenvalue weighted by Crippen LogP contribution is 2.65. The summed E-state index contributed by atoms with van der Waals surface area (Å²) in [6.07, 6.45) is 0.837. The summed E-state index contributed by atoms with van der Waals surface area (Å²) in [7, 11) is 0. The molecule has 40 heavy (non-hydrogen) atoms. The molecule has 8 heteroatoms. The van der Waals surface area contributed by atoms with Crippen molar-refractivity contribution in [1.29, 1.82) is 0 Å². The number of carbonyl (C=O) groups is 4. The van der Waals surface area contributed by atoms with Gasteiger partial charge in [0, 0.05) is 34.2 Å². The second kappa shape index (κ2) is 9.13. The number of hydrogen-bond donors (Lipinski definition) is 4. The van der Waals surface area contributed by atoms with Gasteiger partial charge in [0.2, 0.25) is 5.78 Å². The molecule has 0 aliphatic heterocycles. The van der Waals surface area contributed by atoms with Crippen molar-refractivity contribution in [3.8, 4) is 5.75 Å². The van der Waals surface area contributed by atoms with Gasteiger partial charge in [-0.1, -0.05) is 54.5 Å². The van der Waals surface area contributed by atoms with E-state index in [9.17, 15) is 39.6 Å². The SMILES string of the molecule is CC(=O)C1=C(O)[C@]2(O)C(=O)C3=C(O)c4c(O)ccc(CCC(=O)C(C)(C)C)c4C[C@]3(C)C[C@]2(C)C(C(C)C)C1=O. The van der Waals surface area contributed by atoms with Crippen LogP contribution in [0.5, 0.6) is 5.75 Å². The van der Waals surface area contributed by atoms with Gasteiger partial charge in [0.05, 0.1) is 5.56 Å². The molecule has 0 saturated heterocycles. The number of rotatable bonds is 5. The maximum Gasteiger partial charge on any atom is 0.203 e. The second-order valence-electron chi connectivity index (χ2n) is 13.7. The largest absolute Gasteiger partial charge is 0.508 e. The highest BCUT2D eigenvalue weighted by atomic mass is 16.3. The summed E-state index contributed by atoms with van der Waals surface area (Å²) in [5, 5.41) is 45.7. The number of hydrogen-bond acceptors (Lipinski definition) is 8. The normalized spacial score (nSPS) is 30.3. The number of phenolic OH excluding ortho intramolecular Hbond substituents is 1. The Balaban J connectivity index is 1.97. The summed E-state index contributed by atoms with van der Waals surface area (Å²) < 4.78 is 0. The number of allylic oxidation sites excluding steroid dienone is 1. The molecule has 0 spiro atoms. The number of Topliss-reactive ketones (excluding diaryl/α,β-unsaturated/α-hetero) is 4. The Bertz CT molecular complexity index is 1420. The fraction of sp³-hybridized carbons (Fsp3) is 0.562. The third-order valence-electron chi connectivity index (χ3n) is 9.44. The number of aliphatic hydroxyl groups excluding tert-OH is 2. The lowest BCUT2D eigenvalue weighted by Crippen LogP contribution is -2.69. The van der Waals surface area contributed by atoms with Gasteiger partial charge in [-0.2, -0.15) is 0 Å². The Morgan fingerprint density at radius 1 is 1.07 bits per heavy atom. The Kier molecular flexibility index (Phi) is 6.78. The van der Waals surface area contributed by atoms with Crippen LogP contribution in [0.15, 0.2) is 29.0 Å². The maximum absolute atomic E-state index is 14.3. The number of ketones is 4. The number of carbonyl (C=O) groups excluding carboxylic acids is 4. The van der Waals surface area contributed by atoms with Crippen LogP contribution in [-0.2, 0) is 32.0 Å². The first-order chi connectivity index (χ1) is 18.2. The second-order valence-corrected chi connectivity index (χ2v) is 13.7. The van der Waals surface area contributed by atoms with E-state index in [2.05, 4.69) is 0 Å². The smallest absolute Gasteiger partial charge is 0.203 e. The van der Waals surface area contributed by atoms with Crippen LogP contribution in [0.4, 0.5) is 0 Å². The highest BCUT2D eigenvalue weighted by Gasteiger charge is 2.72. The number of phenols is 1. The van der Waals surface area contributed by atoms with Gasteiger partial charge < -0.3 is 20.4 Å². The van der Waals surface area contributed by atoms with E-state index >= 15 is 0 Å². The Morgan fingerprint density at radius 3 is 2.20 bits per heavy atom. The number of fused-ring (bicyclic) bond motifs is 3. The lowest BCUT2D eigenvalue weighted by molar-refractivity contribution is -0.178. The number of benzene rings is 1. The van der Waals surface area contributed by atoms with Gasteiger partial charge in [0.15, 0.2) is 17.2 Å². The van der Waals surface area contributed by atoms with Gasteiger partial charge >= 0.3 is 0 Å². The van der Waals surface area contributed by atoms with Crippen molar-refractivity contribution in [2.24, 2.45) is 28.1 Å². The van der Waals surface area contributed by atoms with Gasteiger partial charge in [-0.15, -0.1) is 0 Å². The predicted molar refractivity (Wildman–Crippen MR) is 149 cm³/mol. The predicted octanol–water partition coefficient (Wildman–Crippen LogP) is 4.74. The van der Waals surface area contributed by atoms with Crippen molar-refractivity contribution in [2.45, 2.75) is 86.7 Å². The zero-order chi connectivity index (χ0) is 30.3. The first kappa shape index (κ1) is 29.7. The molecule has 8 nitrogen and oxygen atoms in total. The quantitative estimate of drug-likeness (QED) is 0.383. The minimum absolute atomic E-state index is 0.0287. The van der Waals surface area contributed by atoms with Crippen molar-refractivity contribution >= 4 is 28.9 Å². The molecule has 0 amide bonds. The van der Waals surface area contributed by atoms with Crippen molar-refractivity contribution < 1.29 is 39.6 Å². The number of aliphatic hydroxyl groups is 3. The lowest BCUT2D eigenvalue weighted by atomic mass is 9.43. The average molecular weight is 553 g/mol. The molecule has 0 bridgehead atoms. The summed E-state index contributed by atoms with van der Waals surface area (Å²) in [6.45, 7) is 13.5. The third kappa shape index (κ3) is 3.90. The molecule has 0 heterocycles. The zero-order valence-electron chi connectivity index (χ0n) is 24.6. The van der Waals surface area contributed by atoms with Gasteiger partial charge in [-0.25, -0.2) is 0 Å². The van der Waals surface area contributed by atoms with Crippen molar-refractivity contribution in [3.05, 3.63) is 45.7 Å². The number of aryl methyl sites for hydroxylation is 1. The molecular formula is C32H40O8. The molecule has 0 aromatic heterocycles. The molecule has 1 aromatic carbocycles. The molecule has 4 N–H and O–H groups in total. The van der Waals surface area contributed by atoms with Crippen LogP contribution in [0.2, 0.25) is 0 Å². The third-order valence-corrected chi connectivity index (χ3v) is 9.44. The number of aromatic hydroxyl groups is 1. The summed E-state index contributed by atoms with van der Waals surface area (Å²) >= 11 is 0. The first-order valence-electron chi connectivity index (χ1n) is 13.8. The summed E-state index contributed by atoms with van der Waals surface area (Å²) in [4.78, 5) is 53.0. The van der Waals surface area contributed by atoms with Gasteiger partial charge in [0.25, 0.3) is 0 Å². The molecule has 4 rings (SSSR count). The van der Waals surface area contributed by atoms with Crippen molar-refractivity contribution in [2.75, 3.05) is 0 Å². The molecule has 216 valence electrons. The van der Waals surface area contributed by atoms with Crippen LogP contribution in [0, 0.1) is 28.1 Å². The molecule has 1 saturated carbocycles. The van der Waals surface area contributed by atoms with E-state index in [1.807, 2.05) is 20.8 Å². The fourth-order valence-corrected chi connectivity index (χ4v) is 7.64. The molecule has 0 radical (unpaired) electrons. The molecule has 1 fully saturated rings. The Morgan fingerprint density at radius 2 is 1.68 bits per heavy atom. The van der Waals surface area contributed by atoms with Crippen LogP contribution in [-0.4, -0.2) is 49.2 Å². The van der Waals surface area contributed by atoms with Crippen molar-refractivity contribution in [1.82, 2.24) is 0 Å². The molecular weight excluding hydrogens is 512 g/mol. The molecule has 1 unspecified atom stereocenters. The van der Waals surface area contributed by atoms with E-state index in [-0.39, 0.29) is 47.8 Å². The minimum Gasteiger partial charge on any atom is -0.508 e. The first-order valence-corrected chi connectivity index (χ1v) is 13.8. The van der Waals surface area contributed by atoms with Crippen LogP contribution in [0.3, 0.4) is 0 Å². The minimum atomic E-state index is -2.64. The summed E-state index contributed by atoms with van der Waals surface area (Å²) in [6, 6.07) is 3.11. The van der Waals surface area contributed by atoms with Crippen molar-refractivity contribution in [3.63, 3.8) is 0 Å². The Labute approximate surface area is 234 Å². The van der Waals surface area contributed by atoms with Gasteiger partial charge in [-0.05, 0) is 49.3 Å². The van der Waals surface area contributed by atoms with Crippen LogP contribution in [0.25, 0.3) is 5.76 Å². The topological polar surface area (TPSA) is 149 Å². The summed E-state index contributed by atoms with van der Waals surface area (Å²) in [5.41, 5.74) is -5.12. The fourth-order valence-electron chi connectivity index (χ4n) is 7.64. The van der Waals surface area contributed by atoms with Gasteiger partial charge in [0.1, 0.15) is 28.6 Å². The molecule has 3 aliphatic carbocycles. The van der Waals surface area contributed by atoms with Gasteiger partial charge in [-0.3, -0.25) is 19.2 Å². The lowest BCUT2D eigenvalue weighted by Gasteiger charge is -2.59. The van der Waals surface area contributed by atoms with E-state index in [1.165, 1.54) is 6.07 Å². The van der Waals surface area contributed by atoms with Crippen LogP contribution in [0.1, 0.15) is 84.9 Å². The zero-order valence-corrected chi connectivity index (χ0v) is 24.6.